The molecule has 2 aromatic carbocycles. The molecule has 0 saturated heterocycles. The first-order chi connectivity index (χ1) is 15.6. The number of H-pyrrole nitrogens is 1. The Balaban J connectivity index is 1.72. The molecule has 1 atom stereocenters. The Bertz CT molecular complexity index is 1130. The van der Waals surface area contributed by atoms with Gasteiger partial charge in [-0.15, -0.1) is 0 Å². The number of hydrogen-bond acceptors (Lipinski definition) is 4. The average molecular weight is 514 g/mol. The van der Waals surface area contributed by atoms with Gasteiger partial charge in [0.25, 0.3) is 0 Å². The summed E-state index contributed by atoms with van der Waals surface area (Å²) in [5.41, 5.74) is 1.84. The summed E-state index contributed by atoms with van der Waals surface area (Å²) >= 11 is 3.36. The molecule has 2 amide bonds. The van der Waals surface area contributed by atoms with E-state index in [9.17, 15) is 14.4 Å². The summed E-state index contributed by atoms with van der Waals surface area (Å²) in [5, 5.41) is 6.51. The number of hydrogen-bond donors (Lipinski definition) is 3. The first kappa shape index (κ1) is 24.5. The molecule has 0 fully saturated rings. The van der Waals surface area contributed by atoms with Crippen LogP contribution in [0.5, 0.6) is 0 Å². The number of aromatic nitrogens is 1. The number of ketones is 1. The van der Waals surface area contributed by atoms with Gasteiger partial charge < -0.3 is 20.4 Å². The van der Waals surface area contributed by atoms with E-state index in [0.29, 0.717) is 12.1 Å². The van der Waals surface area contributed by atoms with Crippen LogP contribution in [-0.4, -0.2) is 34.4 Å². The van der Waals surface area contributed by atoms with Crippen molar-refractivity contribution in [2.45, 2.75) is 51.7 Å². The van der Waals surface area contributed by atoms with E-state index in [1.54, 1.807) is 32.9 Å². The second-order valence-electron chi connectivity index (χ2n) is 8.77. The molecule has 1 aromatic heterocycles. The normalized spacial score (nSPS) is 12.2. The molecule has 0 bridgehead atoms. The minimum Gasteiger partial charge on any atom is -0.460 e. The van der Waals surface area contributed by atoms with Crippen molar-refractivity contribution in [3.8, 4) is 0 Å². The van der Waals surface area contributed by atoms with Gasteiger partial charge in [-0.25, -0.2) is 4.79 Å². The summed E-state index contributed by atoms with van der Waals surface area (Å²) < 4.78 is 6.19. The number of rotatable bonds is 8. The van der Waals surface area contributed by atoms with Gasteiger partial charge in [0.1, 0.15) is 5.60 Å². The Morgan fingerprint density at radius 3 is 2.42 bits per heavy atom. The number of aromatic amines is 1. The molecule has 3 N–H and O–H groups in total. The molecule has 0 saturated carbocycles. The number of nitrogens with one attached hydrogen (secondary N) is 3. The Morgan fingerprint density at radius 1 is 1.03 bits per heavy atom. The fourth-order valence-electron chi connectivity index (χ4n) is 3.42. The van der Waals surface area contributed by atoms with Crippen molar-refractivity contribution in [1.82, 2.24) is 10.3 Å². The van der Waals surface area contributed by atoms with Gasteiger partial charge in [0.2, 0.25) is 0 Å². The maximum Gasteiger partial charge on any atom is 0.319 e. The topological polar surface area (TPSA) is 100 Å². The highest BCUT2D eigenvalue weighted by atomic mass is 79.9. The van der Waals surface area contributed by atoms with Crippen LogP contribution in [0.25, 0.3) is 10.9 Å². The molecule has 1 unspecified atom stereocenters. The van der Waals surface area contributed by atoms with E-state index in [4.69, 9.17) is 4.74 Å². The standard InChI is InChI=1S/C25H28BrN3O4/c1-25(2,3)33-23(31)13-12-22(30)21(14-16-15-27-20-7-5-4-6-19(16)20)29-24(32)28-18-10-8-17(26)9-11-18/h4-11,15,21,27H,12-14H2,1-3H3,(H2,28,29,32). The highest BCUT2D eigenvalue weighted by molar-refractivity contribution is 9.10. The maximum atomic E-state index is 13.0. The van der Waals surface area contributed by atoms with E-state index < -0.39 is 23.6 Å². The van der Waals surface area contributed by atoms with Gasteiger partial charge in [-0.3, -0.25) is 9.59 Å². The summed E-state index contributed by atoms with van der Waals surface area (Å²) in [6, 6.07) is 13.6. The number of urea groups is 1. The van der Waals surface area contributed by atoms with Crippen LogP contribution in [0.2, 0.25) is 0 Å². The first-order valence-corrected chi connectivity index (χ1v) is 11.5. The minimum atomic E-state index is -0.804. The Hall–Kier alpha value is -3.13. The zero-order chi connectivity index (χ0) is 24.0. The predicted octanol–water partition coefficient (Wildman–Crippen LogP) is 5.35. The molecule has 7 nitrogen and oxygen atoms in total. The second-order valence-corrected chi connectivity index (χ2v) is 9.69. The van der Waals surface area contributed by atoms with Crippen LogP contribution in [0.4, 0.5) is 10.5 Å². The summed E-state index contributed by atoms with van der Waals surface area (Å²) in [6.45, 7) is 5.33. The Kier molecular flexibility index (Phi) is 7.92. The summed E-state index contributed by atoms with van der Waals surface area (Å²) in [5.74, 6) is -0.682. The molecule has 8 heteroatoms. The van der Waals surface area contributed by atoms with Gasteiger partial charge in [-0.2, -0.15) is 0 Å². The van der Waals surface area contributed by atoms with Crippen molar-refractivity contribution in [1.29, 1.82) is 0 Å². The van der Waals surface area contributed by atoms with Crippen LogP contribution in [0, 0.1) is 0 Å². The van der Waals surface area contributed by atoms with Gasteiger partial charge in [0.05, 0.1) is 12.5 Å². The average Bonchev–Trinajstić information content (AvgIpc) is 3.15. The molecule has 33 heavy (non-hydrogen) atoms. The van der Waals surface area contributed by atoms with Gasteiger partial charge in [-0.1, -0.05) is 34.1 Å². The number of carbonyl (C=O) groups excluding carboxylic acids is 3. The van der Waals surface area contributed by atoms with Crippen molar-refractivity contribution in [2.75, 3.05) is 5.32 Å². The number of esters is 1. The fraction of sp³-hybridized carbons (Fsp3) is 0.320. The lowest BCUT2D eigenvalue weighted by atomic mass is 9.99. The van der Waals surface area contributed by atoms with E-state index in [1.165, 1.54) is 0 Å². The quantitative estimate of drug-likeness (QED) is 0.353. The third-order valence-corrected chi connectivity index (χ3v) is 5.42. The van der Waals surface area contributed by atoms with Crippen molar-refractivity contribution in [3.63, 3.8) is 0 Å². The van der Waals surface area contributed by atoms with Crippen molar-refractivity contribution < 1.29 is 19.1 Å². The van der Waals surface area contributed by atoms with Gasteiger partial charge in [0.15, 0.2) is 5.78 Å². The van der Waals surface area contributed by atoms with E-state index >= 15 is 0 Å². The lowest BCUT2D eigenvalue weighted by Crippen LogP contribution is -2.44. The SMILES string of the molecule is CC(C)(C)OC(=O)CCC(=O)C(Cc1c[nH]c2ccccc12)NC(=O)Nc1ccc(Br)cc1. The lowest BCUT2D eigenvalue weighted by molar-refractivity contribution is -0.155. The first-order valence-electron chi connectivity index (χ1n) is 10.7. The van der Waals surface area contributed by atoms with Crippen LogP contribution < -0.4 is 10.6 Å². The van der Waals surface area contributed by atoms with Crippen molar-refractivity contribution in [3.05, 3.63) is 64.8 Å². The maximum absolute atomic E-state index is 13.0. The van der Waals surface area contributed by atoms with Crippen molar-refractivity contribution in [2.24, 2.45) is 0 Å². The predicted molar refractivity (Wildman–Crippen MR) is 132 cm³/mol. The van der Waals surface area contributed by atoms with Crippen LogP contribution >= 0.6 is 15.9 Å². The number of benzene rings is 2. The van der Waals surface area contributed by atoms with E-state index in [2.05, 4.69) is 31.5 Å². The number of Topliss-reactive ketones (excluding diaryl/α,β-unsaturated/α-hetero) is 1. The van der Waals surface area contributed by atoms with Crippen LogP contribution in [0.1, 0.15) is 39.2 Å². The third kappa shape index (κ3) is 7.46. The zero-order valence-electron chi connectivity index (χ0n) is 18.9. The largest absolute Gasteiger partial charge is 0.460 e. The third-order valence-electron chi connectivity index (χ3n) is 4.89. The molecule has 0 aliphatic rings. The Morgan fingerprint density at radius 2 is 1.73 bits per heavy atom. The molecule has 1 heterocycles. The molecular formula is C25H28BrN3O4. The zero-order valence-corrected chi connectivity index (χ0v) is 20.5. The number of fused-ring (bicyclic) bond motifs is 1. The van der Waals surface area contributed by atoms with E-state index in [1.807, 2.05) is 42.6 Å². The number of carbonyl (C=O) groups is 3. The fourth-order valence-corrected chi connectivity index (χ4v) is 3.68. The number of ether oxygens (including phenoxy) is 1. The number of anilines is 1. The number of para-hydroxylation sites is 1. The summed E-state index contributed by atoms with van der Waals surface area (Å²) in [7, 11) is 0. The molecule has 0 aliphatic heterocycles. The van der Waals surface area contributed by atoms with Crippen LogP contribution in [-0.2, 0) is 20.7 Å². The molecule has 174 valence electrons. The van der Waals surface area contributed by atoms with Gasteiger partial charge >= 0.3 is 12.0 Å². The van der Waals surface area contributed by atoms with Gasteiger partial charge in [-0.05, 0) is 56.7 Å². The highest BCUT2D eigenvalue weighted by Crippen LogP contribution is 2.20. The molecule has 3 rings (SSSR count). The molecule has 0 spiro atoms. The van der Waals surface area contributed by atoms with Crippen LogP contribution in [0.15, 0.2) is 59.2 Å². The van der Waals surface area contributed by atoms with E-state index in [0.717, 1.165) is 20.9 Å². The number of halogens is 1. The minimum absolute atomic E-state index is 0.0273. The monoisotopic (exact) mass is 513 g/mol. The van der Waals surface area contributed by atoms with E-state index in [-0.39, 0.29) is 18.6 Å². The van der Waals surface area contributed by atoms with Crippen LogP contribution in [0.3, 0.4) is 0 Å². The summed E-state index contributed by atoms with van der Waals surface area (Å²) in [6.07, 6.45) is 2.06. The molecule has 0 radical (unpaired) electrons. The highest BCUT2D eigenvalue weighted by Gasteiger charge is 2.24. The van der Waals surface area contributed by atoms with Gasteiger partial charge in [0, 0.05) is 40.1 Å². The molecular weight excluding hydrogens is 486 g/mol. The molecule has 0 aliphatic carbocycles. The lowest BCUT2D eigenvalue weighted by Gasteiger charge is -2.20. The number of amides is 2. The smallest absolute Gasteiger partial charge is 0.319 e. The molecule has 3 aromatic rings. The Labute approximate surface area is 201 Å². The summed E-state index contributed by atoms with van der Waals surface area (Å²) in [4.78, 5) is 41.0. The second kappa shape index (κ2) is 10.7. The van der Waals surface area contributed by atoms with Crippen molar-refractivity contribution >= 4 is 50.3 Å².